The summed E-state index contributed by atoms with van der Waals surface area (Å²) in [6.07, 6.45) is 1.49. The minimum Gasteiger partial charge on any atom is -0.507 e. The highest BCUT2D eigenvalue weighted by molar-refractivity contribution is 7.12. The second-order valence-corrected chi connectivity index (χ2v) is 5.52. The molecule has 1 aromatic carbocycles. The van der Waals surface area contributed by atoms with Crippen LogP contribution in [0.1, 0.15) is 21.6 Å². The summed E-state index contributed by atoms with van der Waals surface area (Å²) in [5.74, 6) is -0.412. The molecular weight excluding hydrogens is 296 g/mol. The first-order chi connectivity index (χ1) is 9.56. The van der Waals surface area contributed by atoms with Gasteiger partial charge in [-0.05, 0) is 42.7 Å². The standard InChI is InChI=1S/C14H9ClN2O2S/c1-7-10-4-8(6-16-14(10)20-17-7)13(19)11-5-9(15)2-3-12(11)18/h2-6,18H,1H3. The van der Waals surface area contributed by atoms with Gasteiger partial charge in [-0.1, -0.05) is 11.6 Å². The third kappa shape index (κ3) is 2.15. The Labute approximate surface area is 123 Å². The maximum atomic E-state index is 12.4. The van der Waals surface area contributed by atoms with Crippen LogP contribution in [0.2, 0.25) is 5.02 Å². The SMILES string of the molecule is Cc1nsc2ncc(C(=O)c3cc(Cl)ccc3O)cc12. The van der Waals surface area contributed by atoms with Gasteiger partial charge in [0, 0.05) is 22.2 Å². The van der Waals surface area contributed by atoms with Gasteiger partial charge in [0.25, 0.3) is 0 Å². The number of ketones is 1. The lowest BCUT2D eigenvalue weighted by Crippen LogP contribution is -2.02. The molecule has 2 aromatic heterocycles. The Morgan fingerprint density at radius 3 is 2.95 bits per heavy atom. The number of halogens is 1. The van der Waals surface area contributed by atoms with Crippen LogP contribution >= 0.6 is 23.1 Å². The van der Waals surface area contributed by atoms with E-state index in [2.05, 4.69) is 9.36 Å². The third-order valence-corrected chi connectivity index (χ3v) is 4.07. The van der Waals surface area contributed by atoms with E-state index in [9.17, 15) is 9.90 Å². The molecular formula is C14H9ClN2O2S. The lowest BCUT2D eigenvalue weighted by Gasteiger charge is -2.04. The number of aryl methyl sites for hydroxylation is 1. The number of nitrogens with zero attached hydrogens (tertiary/aromatic N) is 2. The van der Waals surface area contributed by atoms with E-state index < -0.39 is 0 Å². The van der Waals surface area contributed by atoms with E-state index in [4.69, 9.17) is 11.6 Å². The predicted octanol–water partition coefficient (Wildman–Crippen LogP) is 3.59. The summed E-state index contributed by atoms with van der Waals surface area (Å²) in [6, 6.07) is 6.12. The fraction of sp³-hybridized carbons (Fsp3) is 0.0714. The Kier molecular flexibility index (Phi) is 3.16. The number of carbonyl (C=O) groups is 1. The first kappa shape index (κ1) is 13.0. The molecule has 0 saturated heterocycles. The number of aromatic nitrogens is 2. The molecule has 0 aliphatic rings. The average Bonchev–Trinajstić information content (AvgIpc) is 2.82. The van der Waals surface area contributed by atoms with Crippen LogP contribution in [0.15, 0.2) is 30.5 Å². The Balaban J connectivity index is 2.12. The van der Waals surface area contributed by atoms with Crippen LogP contribution in [-0.2, 0) is 0 Å². The van der Waals surface area contributed by atoms with Crippen LogP contribution in [-0.4, -0.2) is 20.2 Å². The van der Waals surface area contributed by atoms with Crippen molar-refractivity contribution in [3.8, 4) is 5.75 Å². The number of pyridine rings is 1. The molecule has 0 fully saturated rings. The fourth-order valence-corrected chi connectivity index (χ4v) is 2.81. The van der Waals surface area contributed by atoms with Crippen molar-refractivity contribution in [3.63, 3.8) is 0 Å². The van der Waals surface area contributed by atoms with Crippen molar-refractivity contribution >= 4 is 39.1 Å². The molecule has 0 atom stereocenters. The molecule has 20 heavy (non-hydrogen) atoms. The number of benzene rings is 1. The summed E-state index contributed by atoms with van der Waals surface area (Å²) in [7, 11) is 0. The van der Waals surface area contributed by atoms with Crippen LogP contribution in [0, 0.1) is 6.92 Å². The summed E-state index contributed by atoms with van der Waals surface area (Å²) in [5.41, 5.74) is 1.40. The van der Waals surface area contributed by atoms with E-state index in [-0.39, 0.29) is 17.1 Å². The highest BCUT2D eigenvalue weighted by atomic mass is 35.5. The second-order valence-electron chi connectivity index (χ2n) is 4.34. The highest BCUT2D eigenvalue weighted by Crippen LogP contribution is 2.26. The molecule has 0 aliphatic carbocycles. The van der Waals surface area contributed by atoms with Gasteiger partial charge in [0.2, 0.25) is 0 Å². The van der Waals surface area contributed by atoms with E-state index in [1.165, 1.54) is 35.9 Å². The first-order valence-corrected chi connectivity index (χ1v) is 6.96. The van der Waals surface area contributed by atoms with E-state index in [1.54, 1.807) is 6.07 Å². The molecule has 0 aliphatic heterocycles. The molecule has 4 nitrogen and oxygen atoms in total. The summed E-state index contributed by atoms with van der Waals surface area (Å²) in [5, 5.41) is 11.0. The van der Waals surface area contributed by atoms with Crippen LogP contribution in [0.25, 0.3) is 10.2 Å². The minimum absolute atomic E-state index is 0.0975. The van der Waals surface area contributed by atoms with E-state index in [0.717, 1.165) is 15.9 Å². The minimum atomic E-state index is -0.315. The molecule has 0 saturated carbocycles. The smallest absolute Gasteiger partial charge is 0.198 e. The van der Waals surface area contributed by atoms with Crippen LogP contribution < -0.4 is 0 Å². The first-order valence-electron chi connectivity index (χ1n) is 5.81. The van der Waals surface area contributed by atoms with Crippen molar-refractivity contribution in [2.75, 3.05) is 0 Å². The van der Waals surface area contributed by atoms with Crippen molar-refractivity contribution in [1.29, 1.82) is 0 Å². The van der Waals surface area contributed by atoms with Gasteiger partial charge in [-0.3, -0.25) is 4.79 Å². The summed E-state index contributed by atoms with van der Waals surface area (Å²) < 4.78 is 4.20. The zero-order valence-corrected chi connectivity index (χ0v) is 12.0. The molecule has 3 rings (SSSR count). The maximum Gasteiger partial charge on any atom is 0.198 e. The van der Waals surface area contributed by atoms with Crippen LogP contribution in [0.3, 0.4) is 0 Å². The van der Waals surface area contributed by atoms with Crippen molar-refractivity contribution in [2.45, 2.75) is 6.92 Å². The Morgan fingerprint density at radius 1 is 1.35 bits per heavy atom. The van der Waals surface area contributed by atoms with Gasteiger partial charge in [0.05, 0.1) is 11.3 Å². The molecule has 0 unspecified atom stereocenters. The molecule has 0 amide bonds. The quantitative estimate of drug-likeness (QED) is 0.735. The monoisotopic (exact) mass is 304 g/mol. The topological polar surface area (TPSA) is 63.1 Å². The Morgan fingerprint density at radius 2 is 2.15 bits per heavy atom. The number of phenolic OH excluding ortho intramolecular Hbond substituents is 1. The lowest BCUT2D eigenvalue weighted by molar-refractivity contribution is 0.103. The third-order valence-electron chi connectivity index (χ3n) is 2.98. The fourth-order valence-electron chi connectivity index (χ4n) is 1.91. The van der Waals surface area contributed by atoms with Gasteiger partial charge < -0.3 is 5.11 Å². The Hall–Kier alpha value is -1.98. The van der Waals surface area contributed by atoms with Gasteiger partial charge in [-0.2, -0.15) is 4.37 Å². The van der Waals surface area contributed by atoms with Crippen molar-refractivity contribution < 1.29 is 9.90 Å². The van der Waals surface area contributed by atoms with E-state index in [1.807, 2.05) is 6.92 Å². The van der Waals surface area contributed by atoms with Crippen molar-refractivity contribution in [1.82, 2.24) is 9.36 Å². The van der Waals surface area contributed by atoms with Gasteiger partial charge >= 0.3 is 0 Å². The van der Waals surface area contributed by atoms with Crippen molar-refractivity contribution in [3.05, 3.63) is 52.3 Å². The van der Waals surface area contributed by atoms with Gasteiger partial charge in [0.1, 0.15) is 10.6 Å². The molecule has 1 N–H and O–H groups in total. The molecule has 0 spiro atoms. The lowest BCUT2D eigenvalue weighted by atomic mass is 10.0. The van der Waals surface area contributed by atoms with Crippen LogP contribution in [0.5, 0.6) is 5.75 Å². The van der Waals surface area contributed by atoms with Crippen molar-refractivity contribution in [2.24, 2.45) is 0 Å². The predicted molar refractivity (Wildman–Crippen MR) is 78.7 cm³/mol. The zero-order valence-electron chi connectivity index (χ0n) is 10.4. The largest absolute Gasteiger partial charge is 0.507 e. The Bertz CT molecular complexity index is 829. The van der Waals surface area contributed by atoms with Gasteiger partial charge in [-0.25, -0.2) is 4.98 Å². The highest BCUT2D eigenvalue weighted by Gasteiger charge is 2.16. The molecule has 0 bridgehead atoms. The number of phenols is 1. The number of rotatable bonds is 2. The molecule has 100 valence electrons. The molecule has 6 heteroatoms. The van der Waals surface area contributed by atoms with E-state index >= 15 is 0 Å². The summed E-state index contributed by atoms with van der Waals surface area (Å²) in [4.78, 5) is 17.4. The summed E-state index contributed by atoms with van der Waals surface area (Å²) in [6.45, 7) is 1.87. The number of aromatic hydroxyl groups is 1. The van der Waals surface area contributed by atoms with Crippen LogP contribution in [0.4, 0.5) is 0 Å². The average molecular weight is 305 g/mol. The normalized spacial score (nSPS) is 10.9. The maximum absolute atomic E-state index is 12.4. The van der Waals surface area contributed by atoms with Gasteiger partial charge in [0.15, 0.2) is 5.78 Å². The zero-order chi connectivity index (χ0) is 14.3. The number of fused-ring (bicyclic) bond motifs is 1. The second kappa shape index (κ2) is 4.85. The molecule has 0 radical (unpaired) electrons. The molecule has 2 heterocycles. The number of carbonyl (C=O) groups excluding carboxylic acids is 1. The summed E-state index contributed by atoms with van der Waals surface area (Å²) >= 11 is 7.16. The number of hydrogen-bond acceptors (Lipinski definition) is 5. The molecule has 3 aromatic rings. The van der Waals surface area contributed by atoms with Gasteiger partial charge in [-0.15, -0.1) is 0 Å². The number of hydrogen-bond donors (Lipinski definition) is 1. The van der Waals surface area contributed by atoms with E-state index in [0.29, 0.717) is 10.6 Å².